The van der Waals surface area contributed by atoms with E-state index in [1.807, 2.05) is 42.5 Å². The predicted molar refractivity (Wildman–Crippen MR) is 133 cm³/mol. The molecule has 9 heteroatoms. The number of nitrogens with one attached hydrogen (secondary N) is 2. The Morgan fingerprint density at radius 1 is 1.03 bits per heavy atom. The summed E-state index contributed by atoms with van der Waals surface area (Å²) < 4.78 is 38.1. The van der Waals surface area contributed by atoms with Crippen LogP contribution in [-0.2, 0) is 20.2 Å². The van der Waals surface area contributed by atoms with Gasteiger partial charge in [-0.05, 0) is 72.9 Å². The lowest BCUT2D eigenvalue weighted by atomic mass is 9.94. The molecule has 5 rings (SSSR count). The predicted octanol–water partition coefficient (Wildman–Crippen LogP) is 3.66. The highest BCUT2D eigenvalue weighted by Crippen LogP contribution is 2.51. The van der Waals surface area contributed by atoms with Crippen molar-refractivity contribution in [2.45, 2.75) is 36.1 Å². The molecule has 1 amide bonds. The van der Waals surface area contributed by atoms with Crippen molar-refractivity contribution < 1.29 is 29.2 Å². The minimum absolute atomic E-state index is 0. The third-order valence-electron chi connectivity index (χ3n) is 6.36. The van der Waals surface area contributed by atoms with Crippen LogP contribution in [0.1, 0.15) is 26.8 Å². The Labute approximate surface area is 205 Å². The molecule has 0 bridgehead atoms. The van der Waals surface area contributed by atoms with Crippen LogP contribution in [0.4, 0.5) is 5.69 Å². The maximum Gasteiger partial charge on any atom is 0.240 e. The van der Waals surface area contributed by atoms with Crippen molar-refractivity contribution in [3.8, 4) is 22.6 Å². The first-order chi connectivity index (χ1) is 16.8. The van der Waals surface area contributed by atoms with Gasteiger partial charge >= 0.3 is 0 Å². The van der Waals surface area contributed by atoms with Crippen LogP contribution in [0.3, 0.4) is 0 Å². The fraction of sp³-hybridized carbons (Fsp3) is 0.269. The molecule has 1 fully saturated rings. The number of aliphatic hydroxyl groups is 1. The highest BCUT2D eigenvalue weighted by Gasteiger charge is 2.51. The summed E-state index contributed by atoms with van der Waals surface area (Å²) in [4.78, 5) is 13.4. The van der Waals surface area contributed by atoms with E-state index in [1.54, 1.807) is 19.1 Å². The van der Waals surface area contributed by atoms with E-state index in [0.717, 1.165) is 29.5 Å². The molecule has 0 radical (unpaired) electrons. The van der Waals surface area contributed by atoms with Crippen molar-refractivity contribution in [2.24, 2.45) is 0 Å². The lowest BCUT2D eigenvalue weighted by Crippen LogP contribution is -2.34. The zero-order valence-corrected chi connectivity index (χ0v) is 20.0. The maximum absolute atomic E-state index is 13.2. The van der Waals surface area contributed by atoms with Crippen molar-refractivity contribution in [1.82, 2.24) is 4.72 Å². The molecule has 184 valence electrons. The Morgan fingerprint density at radius 2 is 1.77 bits per heavy atom. The molecule has 1 atom stereocenters. The van der Waals surface area contributed by atoms with Crippen molar-refractivity contribution in [1.29, 1.82) is 0 Å². The minimum Gasteiger partial charge on any atom is -0.454 e. The number of carbonyl (C=O) groups excluding carboxylic acids is 1. The van der Waals surface area contributed by atoms with Crippen molar-refractivity contribution in [3.05, 3.63) is 72.3 Å². The number of anilines is 1. The summed E-state index contributed by atoms with van der Waals surface area (Å²) >= 11 is 0. The number of sulfonamides is 1. The number of rotatable bonds is 8. The number of ether oxygens (including phenoxy) is 2. The second-order valence-electron chi connectivity index (χ2n) is 8.91. The zero-order valence-electron chi connectivity index (χ0n) is 19.2. The Hall–Kier alpha value is -3.40. The summed E-state index contributed by atoms with van der Waals surface area (Å²) in [5.41, 5.74) is 2.65. The molecular weight excluding hydrogens is 468 g/mol. The van der Waals surface area contributed by atoms with Gasteiger partial charge in [0.25, 0.3) is 0 Å². The molecule has 2 aliphatic rings. The van der Waals surface area contributed by atoms with Crippen LogP contribution < -0.4 is 19.5 Å². The van der Waals surface area contributed by atoms with Gasteiger partial charge in [-0.2, -0.15) is 0 Å². The molecule has 0 aromatic heterocycles. The first-order valence-corrected chi connectivity index (χ1v) is 12.8. The molecule has 1 aliphatic carbocycles. The van der Waals surface area contributed by atoms with Gasteiger partial charge in [0.15, 0.2) is 11.5 Å². The monoisotopic (exact) mass is 496 g/mol. The molecule has 3 aromatic rings. The van der Waals surface area contributed by atoms with Gasteiger partial charge in [0.1, 0.15) is 0 Å². The molecule has 1 saturated carbocycles. The van der Waals surface area contributed by atoms with E-state index in [4.69, 9.17) is 14.6 Å². The summed E-state index contributed by atoms with van der Waals surface area (Å²) in [6.45, 7) is 1.49. The van der Waals surface area contributed by atoms with Crippen molar-refractivity contribution in [2.75, 3.05) is 18.7 Å². The lowest BCUT2D eigenvalue weighted by Gasteiger charge is -2.17. The Kier molecular flexibility index (Phi) is 6.00. The largest absolute Gasteiger partial charge is 0.454 e. The molecule has 1 heterocycles. The second-order valence-corrected chi connectivity index (χ2v) is 10.6. The van der Waals surface area contributed by atoms with Gasteiger partial charge < -0.3 is 19.9 Å². The Morgan fingerprint density at radius 3 is 2.49 bits per heavy atom. The quantitative estimate of drug-likeness (QED) is 0.439. The molecule has 0 spiro atoms. The zero-order chi connectivity index (χ0) is 24.6. The average molecular weight is 497 g/mol. The number of hydrogen-bond acceptors (Lipinski definition) is 6. The van der Waals surface area contributed by atoms with Gasteiger partial charge in [-0.15, -0.1) is 0 Å². The van der Waals surface area contributed by atoms with E-state index < -0.39 is 21.5 Å². The molecule has 3 N–H and O–H groups in total. The van der Waals surface area contributed by atoms with Crippen LogP contribution in [-0.4, -0.2) is 38.9 Å². The molecule has 1 aliphatic heterocycles. The third kappa shape index (κ3) is 4.62. The van der Waals surface area contributed by atoms with Crippen LogP contribution in [0, 0.1) is 0 Å². The van der Waals surface area contributed by atoms with E-state index in [1.165, 1.54) is 12.1 Å². The van der Waals surface area contributed by atoms with E-state index in [9.17, 15) is 13.2 Å². The van der Waals surface area contributed by atoms with Gasteiger partial charge in [0.05, 0.1) is 16.9 Å². The van der Waals surface area contributed by atoms with Gasteiger partial charge in [-0.1, -0.05) is 30.3 Å². The fourth-order valence-corrected chi connectivity index (χ4v) is 5.42. The Balaban J connectivity index is 0.00000304. The van der Waals surface area contributed by atoms with Crippen LogP contribution in [0.2, 0.25) is 0 Å². The van der Waals surface area contributed by atoms with Gasteiger partial charge in [-0.25, -0.2) is 13.1 Å². The normalized spacial score (nSPS) is 16.5. The molecule has 0 unspecified atom stereocenters. The summed E-state index contributed by atoms with van der Waals surface area (Å²) in [7, 11) is -3.72. The first kappa shape index (κ1) is 23.3. The third-order valence-corrected chi connectivity index (χ3v) is 7.96. The minimum atomic E-state index is -3.72. The highest BCUT2D eigenvalue weighted by atomic mass is 32.2. The van der Waals surface area contributed by atoms with Gasteiger partial charge in [-0.3, -0.25) is 4.79 Å². The molecular formula is C26H28N2O6S. The molecule has 0 saturated heterocycles. The van der Waals surface area contributed by atoms with Crippen molar-refractivity contribution in [3.63, 3.8) is 0 Å². The smallest absolute Gasteiger partial charge is 0.240 e. The van der Waals surface area contributed by atoms with E-state index in [-0.39, 0.29) is 25.6 Å². The summed E-state index contributed by atoms with van der Waals surface area (Å²) in [6, 6.07) is 19.0. The Bertz CT molecular complexity index is 1370. The number of carbonyl (C=O) groups is 1. The molecule has 35 heavy (non-hydrogen) atoms. The molecule has 8 nitrogen and oxygen atoms in total. The standard InChI is InChI=1S/C26H26N2O6S.H2/c1-17(15-29)28-35(31,32)22-8-5-18(6-9-22)19-3-2-4-21(13-19)27-25(30)26(11-12-26)20-7-10-23-24(14-20)34-16-33-23;/h2-10,13-14,17,28-29H,11-12,15-16H2,1H3,(H,27,30);1H/t17-;/m0./s1. The summed E-state index contributed by atoms with van der Waals surface area (Å²) in [5, 5.41) is 12.2. The van der Waals surface area contributed by atoms with Gasteiger partial charge in [0.2, 0.25) is 22.7 Å². The second kappa shape index (κ2) is 8.99. The van der Waals surface area contributed by atoms with Crippen molar-refractivity contribution >= 4 is 21.6 Å². The van der Waals surface area contributed by atoms with Crippen LogP contribution in [0.5, 0.6) is 11.5 Å². The number of amides is 1. The highest BCUT2D eigenvalue weighted by molar-refractivity contribution is 7.89. The topological polar surface area (TPSA) is 114 Å². The van der Waals surface area contributed by atoms with Crippen LogP contribution in [0.25, 0.3) is 11.1 Å². The number of hydrogen-bond donors (Lipinski definition) is 3. The first-order valence-electron chi connectivity index (χ1n) is 11.4. The molecule has 3 aromatic carbocycles. The number of aliphatic hydroxyl groups excluding tert-OH is 1. The number of benzene rings is 3. The van der Waals surface area contributed by atoms with E-state index in [2.05, 4.69) is 10.0 Å². The SMILES string of the molecule is C[C@@H](CO)NS(=O)(=O)c1ccc(-c2cccc(NC(=O)C3(c4ccc5c(c4)OCO5)CC3)c2)cc1.[HH]. The van der Waals surface area contributed by atoms with E-state index in [0.29, 0.717) is 17.2 Å². The maximum atomic E-state index is 13.2. The fourth-order valence-electron chi connectivity index (χ4n) is 4.19. The van der Waals surface area contributed by atoms with Gasteiger partial charge in [0, 0.05) is 13.2 Å². The summed E-state index contributed by atoms with van der Waals surface area (Å²) in [5.74, 6) is 1.28. The van der Waals surface area contributed by atoms with Crippen LogP contribution >= 0.6 is 0 Å². The number of fused-ring (bicyclic) bond motifs is 1. The lowest BCUT2D eigenvalue weighted by molar-refractivity contribution is -0.118. The summed E-state index contributed by atoms with van der Waals surface area (Å²) in [6.07, 6.45) is 1.52. The average Bonchev–Trinajstić information content (AvgIpc) is 3.55. The van der Waals surface area contributed by atoms with E-state index >= 15 is 0 Å². The van der Waals surface area contributed by atoms with Crippen LogP contribution in [0.15, 0.2) is 71.6 Å².